The number of nitrogens with zero attached hydrogens (tertiary/aromatic N) is 5. The second-order valence-corrected chi connectivity index (χ2v) is 7.45. The first-order chi connectivity index (χ1) is 12.7. The third-order valence-electron chi connectivity index (χ3n) is 4.54. The fraction of sp³-hybridized carbons (Fsp3) is 0.316. The van der Waals surface area contributed by atoms with Gasteiger partial charge in [-0.05, 0) is 24.8 Å². The van der Waals surface area contributed by atoms with Crippen molar-refractivity contribution < 1.29 is 0 Å². The number of allylic oxidation sites excluding steroid dienone is 4. The maximum atomic E-state index is 4.66. The minimum absolute atomic E-state index is 0.703. The highest BCUT2D eigenvalue weighted by Crippen LogP contribution is 2.35. The Kier molecular flexibility index (Phi) is 4.80. The van der Waals surface area contributed by atoms with Gasteiger partial charge in [0, 0.05) is 35.3 Å². The van der Waals surface area contributed by atoms with Crippen LogP contribution in [0.2, 0.25) is 0 Å². The molecule has 0 spiro atoms. The Morgan fingerprint density at radius 3 is 3.04 bits per heavy atom. The van der Waals surface area contributed by atoms with E-state index in [0.29, 0.717) is 5.82 Å². The molecule has 1 N–H and O–H groups in total. The number of hydrogen-bond donors (Lipinski definition) is 1. The zero-order valence-electron chi connectivity index (χ0n) is 14.7. The Hall–Kier alpha value is -2.16. The van der Waals surface area contributed by atoms with Gasteiger partial charge >= 0.3 is 0 Å². The van der Waals surface area contributed by atoms with Crippen LogP contribution in [0.15, 0.2) is 47.8 Å². The summed E-state index contributed by atoms with van der Waals surface area (Å²) in [6, 6.07) is 0. The largest absolute Gasteiger partial charge is 0.335 e. The molecule has 3 heterocycles. The van der Waals surface area contributed by atoms with E-state index in [1.165, 1.54) is 5.57 Å². The zero-order chi connectivity index (χ0) is 18.1. The molecule has 2 aromatic rings. The first-order valence-corrected chi connectivity index (χ1v) is 9.92. The number of aromatic amines is 1. The van der Waals surface area contributed by atoms with Gasteiger partial charge in [-0.3, -0.25) is 4.68 Å². The van der Waals surface area contributed by atoms with Crippen LogP contribution in [0.25, 0.3) is 17.1 Å². The molecule has 1 aliphatic carbocycles. The van der Waals surface area contributed by atoms with E-state index in [4.69, 9.17) is 0 Å². The summed E-state index contributed by atoms with van der Waals surface area (Å²) in [5.74, 6) is 1.49. The Labute approximate surface area is 166 Å². The average Bonchev–Trinajstić information content (AvgIpc) is 3.26. The number of amidine groups is 1. The molecule has 0 fully saturated rings. The lowest BCUT2D eigenvalue weighted by Gasteiger charge is -2.26. The molecule has 2 aliphatic rings. The molecule has 6 nitrogen and oxygen atoms in total. The maximum Gasteiger partial charge on any atom is 0.182 e. The molecule has 0 atom stereocenters. The van der Waals surface area contributed by atoms with Crippen molar-refractivity contribution in [3.63, 3.8) is 0 Å². The van der Waals surface area contributed by atoms with Crippen LogP contribution in [0.5, 0.6) is 0 Å². The molecule has 26 heavy (non-hydrogen) atoms. The van der Waals surface area contributed by atoms with Crippen LogP contribution < -0.4 is 0 Å². The van der Waals surface area contributed by atoms with E-state index in [-0.39, 0.29) is 0 Å². The van der Waals surface area contributed by atoms with E-state index in [9.17, 15) is 0 Å². The first-order valence-electron chi connectivity index (χ1n) is 8.84. The van der Waals surface area contributed by atoms with E-state index in [1.54, 1.807) is 0 Å². The molecule has 134 valence electrons. The van der Waals surface area contributed by atoms with Crippen molar-refractivity contribution in [3.8, 4) is 11.4 Å². The van der Waals surface area contributed by atoms with E-state index >= 15 is 0 Å². The van der Waals surface area contributed by atoms with Crippen LogP contribution in [0.4, 0.5) is 5.82 Å². The third kappa shape index (κ3) is 3.27. The second-order valence-electron chi connectivity index (χ2n) is 6.48. The number of rotatable bonds is 5. The lowest BCUT2D eigenvalue weighted by Crippen LogP contribution is -2.28. The fourth-order valence-electron chi connectivity index (χ4n) is 3.19. The lowest BCUT2D eigenvalue weighted by atomic mass is 10.1. The molecule has 7 heteroatoms. The Morgan fingerprint density at radius 2 is 2.27 bits per heavy atom. The molecule has 4 rings (SSSR count). The summed E-state index contributed by atoms with van der Waals surface area (Å²) >= 11 is 2.25. The van der Waals surface area contributed by atoms with Crippen molar-refractivity contribution in [3.05, 3.63) is 48.5 Å². The number of aliphatic imine (C=N–C) groups is 1. The fourth-order valence-corrected chi connectivity index (χ4v) is 3.95. The third-order valence-corrected chi connectivity index (χ3v) is 5.36. The highest BCUT2D eigenvalue weighted by atomic mass is 127. The summed E-state index contributed by atoms with van der Waals surface area (Å²) in [7, 11) is 0. The molecule has 1 aliphatic heterocycles. The van der Waals surface area contributed by atoms with Crippen LogP contribution in [-0.4, -0.2) is 35.0 Å². The van der Waals surface area contributed by atoms with Crippen molar-refractivity contribution in [2.75, 3.05) is 6.54 Å². The van der Waals surface area contributed by atoms with Crippen molar-refractivity contribution in [1.82, 2.24) is 24.6 Å². The standard InChI is InChI=1S/C19H21IN6/c1-3-9-26-13(2)16-18(24-19(26)20)23-17(22-16)15-10-21-25(12-15)11-14-7-5-4-6-8-14/h4-5,7,10,12H,2-3,6,8-9,11H2,1H3,(H,22,23). The summed E-state index contributed by atoms with van der Waals surface area (Å²) in [4.78, 5) is 14.8. The summed E-state index contributed by atoms with van der Waals surface area (Å²) in [5.41, 5.74) is 4.17. The van der Waals surface area contributed by atoms with Gasteiger partial charge in [0.2, 0.25) is 0 Å². The van der Waals surface area contributed by atoms with E-state index in [0.717, 1.165) is 59.0 Å². The summed E-state index contributed by atoms with van der Waals surface area (Å²) < 4.78 is 2.88. The number of imidazole rings is 1. The lowest BCUT2D eigenvalue weighted by molar-refractivity contribution is 0.578. The van der Waals surface area contributed by atoms with Gasteiger partial charge in [0.15, 0.2) is 9.66 Å². The Balaban J connectivity index is 1.58. The van der Waals surface area contributed by atoms with Crippen LogP contribution in [0.1, 0.15) is 31.9 Å². The van der Waals surface area contributed by atoms with Crippen molar-refractivity contribution in [1.29, 1.82) is 0 Å². The Bertz CT molecular complexity index is 930. The Morgan fingerprint density at radius 1 is 1.38 bits per heavy atom. The van der Waals surface area contributed by atoms with E-state index in [1.807, 2.05) is 17.1 Å². The van der Waals surface area contributed by atoms with Gasteiger partial charge in [0.25, 0.3) is 0 Å². The smallest absolute Gasteiger partial charge is 0.182 e. The van der Waals surface area contributed by atoms with Crippen LogP contribution >= 0.6 is 22.6 Å². The summed E-state index contributed by atoms with van der Waals surface area (Å²) in [6.07, 6.45) is 13.6. The first kappa shape index (κ1) is 17.3. The summed E-state index contributed by atoms with van der Waals surface area (Å²) in [6.45, 7) is 8.10. The molecule has 0 aromatic carbocycles. The van der Waals surface area contributed by atoms with E-state index in [2.05, 4.69) is 79.3 Å². The van der Waals surface area contributed by atoms with Crippen molar-refractivity contribution in [2.24, 2.45) is 4.99 Å². The minimum Gasteiger partial charge on any atom is -0.335 e. The predicted octanol–water partition coefficient (Wildman–Crippen LogP) is 4.67. The number of nitrogens with one attached hydrogen (secondary N) is 1. The highest BCUT2D eigenvalue weighted by molar-refractivity contribution is 14.1. The van der Waals surface area contributed by atoms with Gasteiger partial charge in [-0.25, -0.2) is 9.98 Å². The molecule has 2 aromatic heterocycles. The molecule has 0 radical (unpaired) electrons. The number of halogens is 1. The van der Waals surface area contributed by atoms with Crippen LogP contribution in [0, 0.1) is 0 Å². The highest BCUT2D eigenvalue weighted by Gasteiger charge is 2.25. The van der Waals surface area contributed by atoms with Gasteiger partial charge < -0.3 is 9.88 Å². The topological polar surface area (TPSA) is 62.1 Å². The van der Waals surface area contributed by atoms with Gasteiger partial charge in [-0.1, -0.05) is 31.7 Å². The zero-order valence-corrected chi connectivity index (χ0v) is 16.9. The van der Waals surface area contributed by atoms with E-state index < -0.39 is 0 Å². The SMILES string of the molecule is C=C1c2[nH]c(-c3cnn(CC4=CC=CCC4)c3)nc2N=C(I)N1CCC. The van der Waals surface area contributed by atoms with Gasteiger partial charge in [-0.2, -0.15) is 5.10 Å². The summed E-state index contributed by atoms with van der Waals surface area (Å²) in [5, 5.41) is 4.49. The van der Waals surface area contributed by atoms with Gasteiger partial charge in [-0.15, -0.1) is 0 Å². The second kappa shape index (κ2) is 7.22. The predicted molar refractivity (Wildman–Crippen MR) is 113 cm³/mol. The number of hydrogen-bond acceptors (Lipinski definition) is 4. The molecule has 0 amide bonds. The number of aromatic nitrogens is 4. The molecule has 0 bridgehead atoms. The molecule has 0 unspecified atom stereocenters. The molecular formula is C19H21IN6. The van der Waals surface area contributed by atoms with Crippen LogP contribution in [-0.2, 0) is 6.54 Å². The normalized spacial score (nSPS) is 16.5. The number of fused-ring (bicyclic) bond motifs is 1. The average molecular weight is 460 g/mol. The molecule has 0 saturated carbocycles. The van der Waals surface area contributed by atoms with Crippen LogP contribution in [0.3, 0.4) is 0 Å². The molecule has 0 saturated heterocycles. The minimum atomic E-state index is 0.703. The van der Waals surface area contributed by atoms with Crippen molar-refractivity contribution in [2.45, 2.75) is 32.7 Å². The maximum absolute atomic E-state index is 4.66. The monoisotopic (exact) mass is 460 g/mol. The number of H-pyrrole nitrogens is 1. The van der Waals surface area contributed by atoms with Crippen molar-refractivity contribution >= 4 is 37.9 Å². The van der Waals surface area contributed by atoms with Gasteiger partial charge in [0.1, 0.15) is 11.5 Å². The quantitative estimate of drug-likeness (QED) is 0.521. The molecular weight excluding hydrogens is 439 g/mol. The van der Waals surface area contributed by atoms with Gasteiger partial charge in [0.05, 0.1) is 24.0 Å².